The Balaban J connectivity index is 1.70. The summed E-state index contributed by atoms with van der Waals surface area (Å²) in [5.41, 5.74) is 1.06. The van der Waals surface area contributed by atoms with Crippen LogP contribution in [0.25, 0.3) is 10.9 Å². The fourth-order valence-electron chi connectivity index (χ4n) is 2.74. The summed E-state index contributed by atoms with van der Waals surface area (Å²) in [4.78, 5) is 12.4. The lowest BCUT2D eigenvalue weighted by atomic mass is 10.2. The van der Waals surface area contributed by atoms with E-state index in [-0.39, 0.29) is 24.5 Å². The summed E-state index contributed by atoms with van der Waals surface area (Å²) in [5.74, 6) is 0.725. The number of fused-ring (bicyclic) bond motifs is 1. The molecule has 0 spiro atoms. The molecule has 2 heterocycles. The highest BCUT2D eigenvalue weighted by atomic mass is 16.2. The standard InChI is InChI=1S/C17H21N5O/c1-12(2)22-11-18-20-17(22)13(3)19-16(23)10-21-9-8-14-6-4-5-7-15(14)21/h4-9,11-13H,10H2,1-3H3,(H,19,23). The average molecular weight is 311 g/mol. The third-order valence-electron chi connectivity index (χ3n) is 3.92. The molecule has 6 nitrogen and oxygen atoms in total. The predicted octanol–water partition coefficient (Wildman–Crippen LogP) is 2.69. The van der Waals surface area contributed by atoms with Crippen molar-refractivity contribution in [3.8, 4) is 0 Å². The lowest BCUT2D eigenvalue weighted by molar-refractivity contribution is -0.122. The molecule has 3 rings (SSSR count). The highest BCUT2D eigenvalue weighted by Gasteiger charge is 2.17. The Hall–Kier alpha value is -2.63. The van der Waals surface area contributed by atoms with Gasteiger partial charge in [0.25, 0.3) is 0 Å². The molecule has 1 amide bonds. The number of para-hydroxylation sites is 1. The van der Waals surface area contributed by atoms with E-state index in [1.807, 2.05) is 52.6 Å². The average Bonchev–Trinajstić information content (AvgIpc) is 3.14. The van der Waals surface area contributed by atoms with E-state index in [1.165, 1.54) is 0 Å². The first-order chi connectivity index (χ1) is 11.1. The van der Waals surface area contributed by atoms with Gasteiger partial charge in [0, 0.05) is 17.8 Å². The first-order valence-corrected chi connectivity index (χ1v) is 7.79. The van der Waals surface area contributed by atoms with E-state index in [4.69, 9.17) is 0 Å². The van der Waals surface area contributed by atoms with Gasteiger partial charge in [-0.25, -0.2) is 0 Å². The number of benzene rings is 1. The van der Waals surface area contributed by atoms with Crippen LogP contribution in [0.4, 0.5) is 0 Å². The molecule has 0 bridgehead atoms. The molecule has 0 saturated carbocycles. The number of hydrogen-bond donors (Lipinski definition) is 1. The molecule has 6 heteroatoms. The van der Waals surface area contributed by atoms with Gasteiger partial charge in [-0.15, -0.1) is 10.2 Å². The molecule has 1 N–H and O–H groups in total. The van der Waals surface area contributed by atoms with Crippen LogP contribution >= 0.6 is 0 Å². The molecule has 1 atom stereocenters. The van der Waals surface area contributed by atoms with Crippen LogP contribution in [0.15, 0.2) is 42.9 Å². The Morgan fingerprint density at radius 2 is 2.00 bits per heavy atom. The van der Waals surface area contributed by atoms with Crippen molar-refractivity contribution in [3.63, 3.8) is 0 Å². The Morgan fingerprint density at radius 3 is 2.78 bits per heavy atom. The van der Waals surface area contributed by atoms with Gasteiger partial charge in [0.2, 0.25) is 5.91 Å². The molecule has 120 valence electrons. The largest absolute Gasteiger partial charge is 0.345 e. The van der Waals surface area contributed by atoms with Crippen LogP contribution in [-0.2, 0) is 11.3 Å². The zero-order chi connectivity index (χ0) is 16.4. The van der Waals surface area contributed by atoms with E-state index >= 15 is 0 Å². The molecular formula is C17H21N5O. The molecule has 0 aliphatic rings. The van der Waals surface area contributed by atoms with E-state index in [9.17, 15) is 4.79 Å². The highest BCUT2D eigenvalue weighted by molar-refractivity contribution is 5.83. The maximum Gasteiger partial charge on any atom is 0.240 e. The Kier molecular flexibility index (Phi) is 4.14. The summed E-state index contributed by atoms with van der Waals surface area (Å²) in [6.07, 6.45) is 3.63. The molecular weight excluding hydrogens is 290 g/mol. The quantitative estimate of drug-likeness (QED) is 0.788. The number of carbonyl (C=O) groups is 1. The van der Waals surface area contributed by atoms with E-state index in [0.29, 0.717) is 0 Å². The molecule has 1 aromatic carbocycles. The summed E-state index contributed by atoms with van der Waals surface area (Å²) in [6.45, 7) is 6.34. The van der Waals surface area contributed by atoms with Crippen LogP contribution in [0.1, 0.15) is 38.7 Å². The van der Waals surface area contributed by atoms with Crippen molar-refractivity contribution >= 4 is 16.8 Å². The fraction of sp³-hybridized carbons (Fsp3) is 0.353. The van der Waals surface area contributed by atoms with Gasteiger partial charge >= 0.3 is 0 Å². The maximum atomic E-state index is 12.4. The Morgan fingerprint density at radius 1 is 1.22 bits per heavy atom. The van der Waals surface area contributed by atoms with Crippen LogP contribution < -0.4 is 5.32 Å². The Labute approximate surface area is 135 Å². The minimum atomic E-state index is -0.186. The van der Waals surface area contributed by atoms with Gasteiger partial charge in [-0.3, -0.25) is 4.79 Å². The number of hydrogen-bond acceptors (Lipinski definition) is 3. The van der Waals surface area contributed by atoms with Crippen molar-refractivity contribution in [3.05, 3.63) is 48.7 Å². The third-order valence-corrected chi connectivity index (χ3v) is 3.92. The van der Waals surface area contributed by atoms with E-state index in [0.717, 1.165) is 16.7 Å². The van der Waals surface area contributed by atoms with Gasteiger partial charge < -0.3 is 14.5 Å². The number of amides is 1. The van der Waals surface area contributed by atoms with Crippen LogP contribution in [0.3, 0.4) is 0 Å². The van der Waals surface area contributed by atoms with E-state index in [1.54, 1.807) is 6.33 Å². The number of rotatable bonds is 5. The zero-order valence-electron chi connectivity index (χ0n) is 13.6. The summed E-state index contributed by atoms with van der Waals surface area (Å²) >= 11 is 0. The monoisotopic (exact) mass is 311 g/mol. The van der Waals surface area contributed by atoms with Crippen molar-refractivity contribution in [2.75, 3.05) is 0 Å². The normalized spacial score (nSPS) is 12.7. The van der Waals surface area contributed by atoms with Gasteiger partial charge in [-0.1, -0.05) is 18.2 Å². The van der Waals surface area contributed by atoms with Gasteiger partial charge in [-0.05, 0) is 38.3 Å². The van der Waals surface area contributed by atoms with Gasteiger partial charge in [0.15, 0.2) is 5.82 Å². The van der Waals surface area contributed by atoms with Crippen LogP contribution in [-0.4, -0.2) is 25.2 Å². The molecule has 3 aromatic rings. The molecule has 0 fully saturated rings. The highest BCUT2D eigenvalue weighted by Crippen LogP contribution is 2.16. The number of aromatic nitrogens is 4. The van der Waals surface area contributed by atoms with Crippen LogP contribution in [0, 0.1) is 0 Å². The third kappa shape index (κ3) is 3.11. The van der Waals surface area contributed by atoms with Crippen molar-refractivity contribution in [1.29, 1.82) is 0 Å². The molecule has 0 saturated heterocycles. The SMILES string of the molecule is CC(NC(=O)Cn1ccc2ccccc21)c1nncn1C(C)C. The molecule has 0 aliphatic carbocycles. The summed E-state index contributed by atoms with van der Waals surface area (Å²) in [5, 5.41) is 12.2. The van der Waals surface area contributed by atoms with E-state index in [2.05, 4.69) is 29.4 Å². The van der Waals surface area contributed by atoms with Crippen molar-refractivity contribution in [1.82, 2.24) is 24.6 Å². The Bertz CT molecular complexity index is 817. The maximum absolute atomic E-state index is 12.4. The van der Waals surface area contributed by atoms with Crippen molar-refractivity contribution in [2.24, 2.45) is 0 Å². The second-order valence-corrected chi connectivity index (χ2v) is 5.98. The van der Waals surface area contributed by atoms with E-state index < -0.39 is 0 Å². The van der Waals surface area contributed by atoms with Crippen molar-refractivity contribution < 1.29 is 4.79 Å². The first kappa shape index (κ1) is 15.3. The first-order valence-electron chi connectivity index (χ1n) is 7.79. The minimum Gasteiger partial charge on any atom is -0.345 e. The summed E-state index contributed by atoms with van der Waals surface area (Å²) < 4.78 is 3.92. The predicted molar refractivity (Wildman–Crippen MR) is 88.9 cm³/mol. The van der Waals surface area contributed by atoms with Crippen molar-refractivity contribution in [2.45, 2.75) is 39.4 Å². The number of carbonyl (C=O) groups excluding carboxylic acids is 1. The molecule has 0 aliphatic heterocycles. The smallest absolute Gasteiger partial charge is 0.240 e. The second-order valence-electron chi connectivity index (χ2n) is 5.98. The number of nitrogens with zero attached hydrogens (tertiary/aromatic N) is 4. The summed E-state index contributed by atoms with van der Waals surface area (Å²) in [7, 11) is 0. The topological polar surface area (TPSA) is 64.7 Å². The minimum absolute atomic E-state index is 0.0443. The molecule has 23 heavy (non-hydrogen) atoms. The lowest BCUT2D eigenvalue weighted by Gasteiger charge is -2.17. The lowest BCUT2D eigenvalue weighted by Crippen LogP contribution is -2.31. The van der Waals surface area contributed by atoms with Gasteiger partial charge in [0.1, 0.15) is 12.9 Å². The summed E-state index contributed by atoms with van der Waals surface area (Å²) in [6, 6.07) is 10.1. The van der Waals surface area contributed by atoms with Gasteiger partial charge in [0.05, 0.1) is 6.04 Å². The molecule has 2 aromatic heterocycles. The van der Waals surface area contributed by atoms with Crippen LogP contribution in [0.2, 0.25) is 0 Å². The second kappa shape index (κ2) is 6.24. The molecule has 1 unspecified atom stereocenters. The number of nitrogens with one attached hydrogen (secondary N) is 1. The van der Waals surface area contributed by atoms with Crippen LogP contribution in [0.5, 0.6) is 0 Å². The fourth-order valence-corrected chi connectivity index (χ4v) is 2.74. The zero-order valence-corrected chi connectivity index (χ0v) is 13.6. The molecule has 0 radical (unpaired) electrons. The van der Waals surface area contributed by atoms with Gasteiger partial charge in [-0.2, -0.15) is 0 Å².